The molecule has 1 aromatic rings. The minimum absolute atomic E-state index is 0.256. The first-order chi connectivity index (χ1) is 7.96. The van der Waals surface area contributed by atoms with Crippen molar-refractivity contribution in [3.63, 3.8) is 0 Å². The number of hydrogen-bond donors (Lipinski definition) is 1. The van der Waals surface area contributed by atoms with Crippen LogP contribution in [-0.4, -0.2) is 28.7 Å². The fourth-order valence-corrected chi connectivity index (χ4v) is 2.28. The Kier molecular flexibility index (Phi) is 3.71. The number of likely N-dealkylation sites (tertiary alicyclic amines) is 1. The van der Waals surface area contributed by atoms with E-state index >= 15 is 0 Å². The highest BCUT2D eigenvalue weighted by Gasteiger charge is 2.27. The van der Waals surface area contributed by atoms with Gasteiger partial charge in [0.2, 0.25) is 0 Å². The van der Waals surface area contributed by atoms with E-state index in [2.05, 4.69) is 4.90 Å². The predicted molar refractivity (Wildman–Crippen MR) is 66.5 cm³/mol. The molecule has 1 fully saturated rings. The monoisotopic (exact) mass is 257 g/mol. The third-order valence-electron chi connectivity index (χ3n) is 3.33. The molecule has 94 valence electrons. The Morgan fingerprint density at radius 3 is 2.71 bits per heavy atom. The van der Waals surface area contributed by atoms with Gasteiger partial charge in [-0.15, -0.1) is 0 Å². The second-order valence-corrected chi connectivity index (χ2v) is 5.42. The minimum Gasteiger partial charge on any atom is -0.390 e. The highest BCUT2D eigenvalue weighted by atomic mass is 35.5. The van der Waals surface area contributed by atoms with Crippen LogP contribution >= 0.6 is 11.6 Å². The molecule has 0 spiro atoms. The summed E-state index contributed by atoms with van der Waals surface area (Å²) in [6, 6.07) is 4.44. The van der Waals surface area contributed by atoms with Gasteiger partial charge in [-0.1, -0.05) is 11.6 Å². The molecule has 0 amide bonds. The average Bonchev–Trinajstić information content (AvgIpc) is 2.26. The smallest absolute Gasteiger partial charge is 0.123 e. The number of nitrogens with zero attached hydrogens (tertiary/aromatic N) is 1. The van der Waals surface area contributed by atoms with Crippen LogP contribution in [0.1, 0.15) is 25.3 Å². The Morgan fingerprint density at radius 2 is 2.06 bits per heavy atom. The van der Waals surface area contributed by atoms with Crippen LogP contribution in [0.4, 0.5) is 4.39 Å². The lowest BCUT2D eigenvalue weighted by Gasteiger charge is -2.35. The van der Waals surface area contributed by atoms with E-state index in [1.54, 1.807) is 6.07 Å². The van der Waals surface area contributed by atoms with Crippen molar-refractivity contribution in [3.05, 3.63) is 34.6 Å². The van der Waals surface area contributed by atoms with Gasteiger partial charge in [-0.3, -0.25) is 4.90 Å². The number of halogens is 2. The Hall–Kier alpha value is -0.640. The molecular weight excluding hydrogens is 241 g/mol. The highest BCUT2D eigenvalue weighted by Crippen LogP contribution is 2.24. The fourth-order valence-electron chi connectivity index (χ4n) is 2.10. The molecule has 17 heavy (non-hydrogen) atoms. The van der Waals surface area contributed by atoms with Crippen molar-refractivity contribution < 1.29 is 9.50 Å². The summed E-state index contributed by atoms with van der Waals surface area (Å²) in [5, 5.41) is 10.4. The maximum absolute atomic E-state index is 13.1. The van der Waals surface area contributed by atoms with Gasteiger partial charge in [-0.25, -0.2) is 4.39 Å². The second-order valence-electron chi connectivity index (χ2n) is 5.01. The lowest BCUT2D eigenvalue weighted by molar-refractivity contribution is -0.00731. The first kappa shape index (κ1) is 12.8. The summed E-state index contributed by atoms with van der Waals surface area (Å²) in [5.74, 6) is -0.256. The number of benzene rings is 1. The first-order valence-electron chi connectivity index (χ1n) is 5.85. The molecule has 0 atom stereocenters. The Balaban J connectivity index is 2.00. The summed E-state index contributed by atoms with van der Waals surface area (Å²) in [6.45, 7) is 4.14. The molecule has 1 aromatic carbocycles. The van der Waals surface area contributed by atoms with Gasteiger partial charge in [0.05, 0.1) is 5.60 Å². The van der Waals surface area contributed by atoms with Gasteiger partial charge < -0.3 is 5.11 Å². The molecular formula is C13H17ClFNO. The van der Waals surface area contributed by atoms with Crippen molar-refractivity contribution in [2.45, 2.75) is 31.9 Å². The van der Waals surface area contributed by atoms with Crippen LogP contribution in [0.15, 0.2) is 18.2 Å². The standard InChI is InChI=1S/C13H17ClFNO/c1-13(17)4-6-16(7-5-13)9-10-8-11(15)2-3-12(10)14/h2-3,8,17H,4-7,9H2,1H3. The van der Waals surface area contributed by atoms with E-state index in [0.29, 0.717) is 11.6 Å². The average molecular weight is 258 g/mol. The minimum atomic E-state index is -0.553. The Labute approximate surface area is 106 Å². The van der Waals surface area contributed by atoms with Crippen LogP contribution in [0.25, 0.3) is 0 Å². The lowest BCUT2D eigenvalue weighted by Crippen LogP contribution is -2.42. The molecule has 1 aliphatic heterocycles. The summed E-state index contributed by atoms with van der Waals surface area (Å²) in [5.41, 5.74) is 0.260. The number of aliphatic hydroxyl groups is 1. The maximum Gasteiger partial charge on any atom is 0.123 e. The summed E-state index contributed by atoms with van der Waals surface area (Å²) in [6.07, 6.45) is 1.50. The van der Waals surface area contributed by atoms with Gasteiger partial charge in [0.1, 0.15) is 5.82 Å². The molecule has 0 aliphatic carbocycles. The third-order valence-corrected chi connectivity index (χ3v) is 3.70. The SMILES string of the molecule is CC1(O)CCN(Cc2cc(F)ccc2Cl)CC1. The molecule has 1 saturated heterocycles. The van der Waals surface area contributed by atoms with Crippen molar-refractivity contribution in [2.24, 2.45) is 0 Å². The topological polar surface area (TPSA) is 23.5 Å². The molecule has 2 nitrogen and oxygen atoms in total. The van der Waals surface area contributed by atoms with Gasteiger partial charge in [0.25, 0.3) is 0 Å². The lowest BCUT2D eigenvalue weighted by atomic mass is 9.93. The molecule has 2 rings (SSSR count). The summed E-state index contributed by atoms with van der Waals surface area (Å²) < 4.78 is 13.1. The predicted octanol–water partition coefficient (Wildman–Crippen LogP) is 2.83. The van der Waals surface area contributed by atoms with E-state index in [1.807, 2.05) is 6.92 Å². The van der Waals surface area contributed by atoms with Crippen molar-refractivity contribution in [1.82, 2.24) is 4.90 Å². The third kappa shape index (κ3) is 3.41. The quantitative estimate of drug-likeness (QED) is 0.881. The second kappa shape index (κ2) is 4.92. The number of piperidine rings is 1. The van der Waals surface area contributed by atoms with E-state index in [-0.39, 0.29) is 5.82 Å². The molecule has 0 radical (unpaired) electrons. The van der Waals surface area contributed by atoms with Crippen LogP contribution in [0.3, 0.4) is 0 Å². The van der Waals surface area contributed by atoms with Gasteiger partial charge in [-0.05, 0) is 43.5 Å². The van der Waals surface area contributed by atoms with Crippen LogP contribution in [0.5, 0.6) is 0 Å². The first-order valence-corrected chi connectivity index (χ1v) is 6.23. The van der Waals surface area contributed by atoms with Crippen molar-refractivity contribution in [2.75, 3.05) is 13.1 Å². The zero-order valence-corrected chi connectivity index (χ0v) is 10.7. The zero-order chi connectivity index (χ0) is 12.5. The van der Waals surface area contributed by atoms with Crippen molar-refractivity contribution in [1.29, 1.82) is 0 Å². The summed E-state index contributed by atoms with van der Waals surface area (Å²) >= 11 is 6.03. The highest BCUT2D eigenvalue weighted by molar-refractivity contribution is 6.31. The Morgan fingerprint density at radius 1 is 1.41 bits per heavy atom. The van der Waals surface area contributed by atoms with Crippen LogP contribution < -0.4 is 0 Å². The largest absolute Gasteiger partial charge is 0.390 e. The van der Waals surface area contributed by atoms with Crippen molar-refractivity contribution in [3.8, 4) is 0 Å². The fraction of sp³-hybridized carbons (Fsp3) is 0.538. The number of rotatable bonds is 2. The molecule has 0 bridgehead atoms. The van der Waals surface area contributed by atoms with Gasteiger partial charge in [0.15, 0.2) is 0 Å². The normalized spacial score (nSPS) is 20.5. The molecule has 4 heteroatoms. The van der Waals surface area contributed by atoms with E-state index < -0.39 is 5.60 Å². The van der Waals surface area contributed by atoms with E-state index in [4.69, 9.17) is 11.6 Å². The van der Waals surface area contributed by atoms with Crippen LogP contribution in [0.2, 0.25) is 5.02 Å². The maximum atomic E-state index is 13.1. The van der Waals surface area contributed by atoms with Gasteiger partial charge in [0, 0.05) is 24.7 Å². The van der Waals surface area contributed by atoms with Crippen LogP contribution in [0, 0.1) is 5.82 Å². The van der Waals surface area contributed by atoms with E-state index in [0.717, 1.165) is 31.5 Å². The molecule has 1 aliphatic rings. The van der Waals surface area contributed by atoms with E-state index in [1.165, 1.54) is 12.1 Å². The molecule has 0 saturated carbocycles. The Bertz CT molecular complexity index is 398. The molecule has 1 N–H and O–H groups in total. The van der Waals surface area contributed by atoms with E-state index in [9.17, 15) is 9.50 Å². The number of hydrogen-bond acceptors (Lipinski definition) is 2. The van der Waals surface area contributed by atoms with Gasteiger partial charge >= 0.3 is 0 Å². The van der Waals surface area contributed by atoms with Gasteiger partial charge in [-0.2, -0.15) is 0 Å². The summed E-state index contributed by atoms with van der Waals surface area (Å²) in [7, 11) is 0. The van der Waals surface area contributed by atoms with Crippen LogP contribution in [-0.2, 0) is 6.54 Å². The summed E-state index contributed by atoms with van der Waals surface area (Å²) in [4.78, 5) is 2.19. The molecule has 0 aromatic heterocycles. The van der Waals surface area contributed by atoms with Crippen molar-refractivity contribution >= 4 is 11.6 Å². The zero-order valence-electron chi connectivity index (χ0n) is 9.92. The molecule has 0 unspecified atom stereocenters. The molecule has 1 heterocycles.